The molecule has 2 aromatic rings. The van der Waals surface area contributed by atoms with Crippen molar-refractivity contribution in [2.24, 2.45) is 0 Å². The zero-order valence-electron chi connectivity index (χ0n) is 8.38. The van der Waals surface area contributed by atoms with Crippen molar-refractivity contribution < 1.29 is 9.90 Å². The van der Waals surface area contributed by atoms with Crippen molar-refractivity contribution in [3.8, 4) is 0 Å². The Morgan fingerprint density at radius 1 is 1.44 bits per heavy atom. The van der Waals surface area contributed by atoms with Crippen LogP contribution in [-0.2, 0) is 6.54 Å². The molecule has 4 nitrogen and oxygen atoms in total. The Kier molecular flexibility index (Phi) is 3.16. The van der Waals surface area contributed by atoms with Crippen LogP contribution in [0.4, 0.5) is 5.82 Å². The zero-order valence-corrected chi connectivity index (χ0v) is 9.20. The monoisotopic (exact) mass is 234 g/mol. The number of pyridine rings is 1. The number of anilines is 1. The molecule has 2 aromatic heterocycles. The van der Waals surface area contributed by atoms with Crippen molar-refractivity contribution in [3.05, 3.63) is 46.3 Å². The zero-order chi connectivity index (χ0) is 11.4. The van der Waals surface area contributed by atoms with Crippen LogP contribution in [0.2, 0.25) is 0 Å². The molecule has 0 aromatic carbocycles. The molecule has 0 bridgehead atoms. The molecule has 0 amide bonds. The molecule has 0 saturated carbocycles. The molecule has 0 fully saturated rings. The Hall–Kier alpha value is -1.88. The first-order valence-corrected chi connectivity index (χ1v) is 5.60. The van der Waals surface area contributed by atoms with Crippen LogP contribution in [0.3, 0.4) is 0 Å². The van der Waals surface area contributed by atoms with Crippen LogP contribution in [0, 0.1) is 0 Å². The maximum absolute atomic E-state index is 10.9. The first-order valence-electron chi connectivity index (χ1n) is 4.72. The van der Waals surface area contributed by atoms with Crippen LogP contribution in [0.15, 0.2) is 35.8 Å². The number of carboxylic acid groups (broad SMARTS) is 1. The van der Waals surface area contributed by atoms with Gasteiger partial charge in [0.2, 0.25) is 0 Å². The lowest BCUT2D eigenvalue weighted by Gasteiger charge is -2.06. The van der Waals surface area contributed by atoms with Gasteiger partial charge in [-0.3, -0.25) is 0 Å². The van der Waals surface area contributed by atoms with Crippen molar-refractivity contribution >= 4 is 23.1 Å². The standard InChI is InChI=1S/C11H10N2O2S/c14-11(15)9-4-1-5-12-10(9)13-7-8-3-2-6-16-8/h1-6H,7H2,(H,12,13)(H,14,15). The van der Waals surface area contributed by atoms with E-state index >= 15 is 0 Å². The normalized spacial score (nSPS) is 10.0. The third-order valence-electron chi connectivity index (χ3n) is 2.05. The SMILES string of the molecule is O=C(O)c1cccnc1NCc1cccs1. The summed E-state index contributed by atoms with van der Waals surface area (Å²) in [7, 11) is 0. The molecule has 2 heterocycles. The number of nitrogens with zero attached hydrogens (tertiary/aromatic N) is 1. The summed E-state index contributed by atoms with van der Waals surface area (Å²) in [6, 6.07) is 7.09. The lowest BCUT2D eigenvalue weighted by atomic mass is 10.2. The van der Waals surface area contributed by atoms with Gasteiger partial charge in [-0.15, -0.1) is 11.3 Å². The van der Waals surface area contributed by atoms with Gasteiger partial charge < -0.3 is 10.4 Å². The molecule has 0 aliphatic carbocycles. The minimum absolute atomic E-state index is 0.194. The number of hydrogen-bond donors (Lipinski definition) is 2. The molecule has 2 N–H and O–H groups in total. The van der Waals surface area contributed by atoms with Crippen LogP contribution in [0.5, 0.6) is 0 Å². The van der Waals surface area contributed by atoms with Crippen LogP contribution < -0.4 is 5.32 Å². The smallest absolute Gasteiger partial charge is 0.339 e. The highest BCUT2D eigenvalue weighted by Crippen LogP contribution is 2.14. The topological polar surface area (TPSA) is 62.2 Å². The average molecular weight is 234 g/mol. The van der Waals surface area contributed by atoms with Crippen LogP contribution >= 0.6 is 11.3 Å². The van der Waals surface area contributed by atoms with E-state index in [1.807, 2.05) is 17.5 Å². The number of hydrogen-bond acceptors (Lipinski definition) is 4. The number of thiophene rings is 1. The second-order valence-electron chi connectivity index (χ2n) is 3.14. The van der Waals surface area contributed by atoms with Gasteiger partial charge in [-0.25, -0.2) is 9.78 Å². The molecule has 0 atom stereocenters. The fraction of sp³-hybridized carbons (Fsp3) is 0.0909. The van der Waals surface area contributed by atoms with Crippen molar-refractivity contribution in [1.29, 1.82) is 0 Å². The maximum Gasteiger partial charge on any atom is 0.339 e. The molecule has 0 aliphatic rings. The molecule has 2 rings (SSSR count). The lowest BCUT2D eigenvalue weighted by molar-refractivity contribution is 0.0697. The third kappa shape index (κ3) is 2.38. The Bertz CT molecular complexity index is 482. The lowest BCUT2D eigenvalue weighted by Crippen LogP contribution is -2.07. The molecule has 0 unspecified atom stereocenters. The van der Waals surface area contributed by atoms with E-state index in [0.29, 0.717) is 12.4 Å². The van der Waals surface area contributed by atoms with E-state index in [2.05, 4.69) is 10.3 Å². The van der Waals surface area contributed by atoms with Crippen LogP contribution in [0.1, 0.15) is 15.2 Å². The van der Waals surface area contributed by atoms with E-state index in [-0.39, 0.29) is 5.56 Å². The summed E-state index contributed by atoms with van der Waals surface area (Å²) >= 11 is 1.62. The quantitative estimate of drug-likeness (QED) is 0.853. The minimum atomic E-state index is -0.971. The Labute approximate surface area is 96.6 Å². The Morgan fingerprint density at radius 2 is 2.31 bits per heavy atom. The summed E-state index contributed by atoms with van der Waals surface area (Å²) in [4.78, 5) is 16.1. The van der Waals surface area contributed by atoms with Crippen molar-refractivity contribution in [1.82, 2.24) is 4.98 Å². The molecule has 0 spiro atoms. The Balaban J connectivity index is 2.12. The molecular weight excluding hydrogens is 224 g/mol. The van der Waals surface area contributed by atoms with E-state index < -0.39 is 5.97 Å². The fourth-order valence-electron chi connectivity index (χ4n) is 1.30. The number of carboxylic acids is 1. The first-order chi connectivity index (χ1) is 7.77. The molecule has 82 valence electrons. The van der Waals surface area contributed by atoms with Gasteiger partial charge in [-0.05, 0) is 23.6 Å². The van der Waals surface area contributed by atoms with Gasteiger partial charge in [0.1, 0.15) is 11.4 Å². The summed E-state index contributed by atoms with van der Waals surface area (Å²) in [6.45, 7) is 0.592. The molecule has 0 aliphatic heterocycles. The van der Waals surface area contributed by atoms with Gasteiger partial charge in [0.05, 0.1) is 6.54 Å². The molecule has 0 radical (unpaired) electrons. The van der Waals surface area contributed by atoms with Crippen molar-refractivity contribution in [2.75, 3.05) is 5.32 Å². The number of aromatic carboxylic acids is 1. The van der Waals surface area contributed by atoms with E-state index in [0.717, 1.165) is 4.88 Å². The van der Waals surface area contributed by atoms with E-state index in [4.69, 9.17) is 5.11 Å². The fourth-order valence-corrected chi connectivity index (χ4v) is 1.95. The van der Waals surface area contributed by atoms with Gasteiger partial charge in [0.25, 0.3) is 0 Å². The second-order valence-corrected chi connectivity index (χ2v) is 4.17. The highest BCUT2D eigenvalue weighted by atomic mass is 32.1. The summed E-state index contributed by atoms with van der Waals surface area (Å²) in [6.07, 6.45) is 1.57. The predicted molar refractivity (Wildman–Crippen MR) is 62.8 cm³/mol. The highest BCUT2D eigenvalue weighted by molar-refractivity contribution is 7.09. The van der Waals surface area contributed by atoms with Crippen LogP contribution in [0.25, 0.3) is 0 Å². The maximum atomic E-state index is 10.9. The van der Waals surface area contributed by atoms with Crippen molar-refractivity contribution in [3.63, 3.8) is 0 Å². The van der Waals surface area contributed by atoms with E-state index in [9.17, 15) is 4.79 Å². The Morgan fingerprint density at radius 3 is 3.00 bits per heavy atom. The molecule has 5 heteroatoms. The molecule has 16 heavy (non-hydrogen) atoms. The van der Waals surface area contributed by atoms with Gasteiger partial charge in [-0.2, -0.15) is 0 Å². The first kappa shape index (κ1) is 10.6. The number of aromatic nitrogens is 1. The average Bonchev–Trinajstić information content (AvgIpc) is 2.79. The summed E-state index contributed by atoms with van der Waals surface area (Å²) in [5.74, 6) is -0.565. The largest absolute Gasteiger partial charge is 0.478 e. The summed E-state index contributed by atoms with van der Waals surface area (Å²) in [5.41, 5.74) is 0.194. The minimum Gasteiger partial charge on any atom is -0.478 e. The molecular formula is C11H10N2O2S. The highest BCUT2D eigenvalue weighted by Gasteiger charge is 2.09. The molecule has 0 saturated heterocycles. The third-order valence-corrected chi connectivity index (χ3v) is 2.92. The van der Waals surface area contributed by atoms with Gasteiger partial charge >= 0.3 is 5.97 Å². The second kappa shape index (κ2) is 4.76. The summed E-state index contributed by atoms with van der Waals surface area (Å²) < 4.78 is 0. The van der Waals surface area contributed by atoms with Crippen molar-refractivity contribution in [2.45, 2.75) is 6.54 Å². The number of rotatable bonds is 4. The van der Waals surface area contributed by atoms with Gasteiger partial charge in [0.15, 0.2) is 0 Å². The number of carbonyl (C=O) groups is 1. The van der Waals surface area contributed by atoms with Gasteiger partial charge in [-0.1, -0.05) is 6.07 Å². The van der Waals surface area contributed by atoms with E-state index in [1.54, 1.807) is 23.6 Å². The summed E-state index contributed by atoms with van der Waals surface area (Å²) in [5, 5.41) is 13.9. The number of nitrogens with one attached hydrogen (secondary N) is 1. The van der Waals surface area contributed by atoms with Gasteiger partial charge in [0, 0.05) is 11.1 Å². The predicted octanol–water partition coefficient (Wildman–Crippen LogP) is 2.45. The van der Waals surface area contributed by atoms with Crippen LogP contribution in [-0.4, -0.2) is 16.1 Å². The van der Waals surface area contributed by atoms with E-state index in [1.165, 1.54) is 6.07 Å².